The number of amides is 1. The van der Waals surface area contributed by atoms with Gasteiger partial charge in [-0.2, -0.15) is 0 Å². The predicted molar refractivity (Wildman–Crippen MR) is 107 cm³/mol. The molecule has 1 aromatic carbocycles. The lowest BCUT2D eigenvalue weighted by Crippen LogP contribution is -2.41. The molecule has 1 atom stereocenters. The maximum absolute atomic E-state index is 12.9. The lowest BCUT2D eigenvalue weighted by Gasteiger charge is -2.22. The van der Waals surface area contributed by atoms with E-state index in [1.807, 2.05) is 31.3 Å². The Bertz CT molecular complexity index is 790. The van der Waals surface area contributed by atoms with Crippen LogP contribution in [0.1, 0.15) is 62.2 Å². The number of carbonyl (C=O) groups is 2. The van der Waals surface area contributed by atoms with E-state index >= 15 is 0 Å². The van der Waals surface area contributed by atoms with Crippen LogP contribution in [0.4, 0.5) is 0 Å². The molecule has 1 aliphatic carbocycles. The van der Waals surface area contributed by atoms with Gasteiger partial charge in [-0.1, -0.05) is 50.8 Å². The number of esters is 1. The fourth-order valence-electron chi connectivity index (χ4n) is 4.14. The molecule has 27 heavy (non-hydrogen) atoms. The minimum Gasteiger partial charge on any atom is -0.467 e. The van der Waals surface area contributed by atoms with E-state index in [2.05, 4.69) is 16.0 Å². The van der Waals surface area contributed by atoms with Crippen LogP contribution in [0.2, 0.25) is 0 Å². The molecule has 2 aromatic rings. The molecule has 1 aromatic heterocycles. The molecule has 1 amide bonds. The molecule has 1 aliphatic rings. The SMILES string of the molecule is CCC[C@H](NC(=O)c1cn(CC2CCCCC2)c2ccccc12)C(=O)OC. The average Bonchev–Trinajstić information content (AvgIpc) is 3.06. The largest absolute Gasteiger partial charge is 0.467 e. The van der Waals surface area contributed by atoms with Crippen molar-refractivity contribution < 1.29 is 14.3 Å². The first-order valence-corrected chi connectivity index (χ1v) is 10.1. The van der Waals surface area contributed by atoms with E-state index in [4.69, 9.17) is 4.74 Å². The lowest BCUT2D eigenvalue weighted by atomic mass is 9.89. The topological polar surface area (TPSA) is 60.3 Å². The van der Waals surface area contributed by atoms with Crippen LogP contribution >= 0.6 is 0 Å². The van der Waals surface area contributed by atoms with E-state index in [0.29, 0.717) is 17.9 Å². The van der Waals surface area contributed by atoms with Crippen molar-refractivity contribution in [3.63, 3.8) is 0 Å². The Kier molecular flexibility index (Phi) is 6.54. The third-order valence-corrected chi connectivity index (χ3v) is 5.58. The molecule has 5 heteroatoms. The van der Waals surface area contributed by atoms with Gasteiger partial charge in [0.15, 0.2) is 0 Å². The Morgan fingerprint density at radius 1 is 1.22 bits per heavy atom. The van der Waals surface area contributed by atoms with Gasteiger partial charge >= 0.3 is 5.97 Å². The van der Waals surface area contributed by atoms with Gasteiger partial charge in [0.1, 0.15) is 6.04 Å². The summed E-state index contributed by atoms with van der Waals surface area (Å²) in [6, 6.07) is 7.41. The summed E-state index contributed by atoms with van der Waals surface area (Å²) in [6.45, 7) is 2.93. The maximum atomic E-state index is 12.9. The van der Waals surface area contributed by atoms with Crippen molar-refractivity contribution in [2.24, 2.45) is 5.92 Å². The van der Waals surface area contributed by atoms with E-state index in [1.54, 1.807) is 0 Å². The summed E-state index contributed by atoms with van der Waals surface area (Å²) in [5, 5.41) is 3.80. The van der Waals surface area contributed by atoms with Gasteiger partial charge in [-0.3, -0.25) is 4.79 Å². The maximum Gasteiger partial charge on any atom is 0.328 e. The number of nitrogens with zero attached hydrogens (tertiary/aromatic N) is 1. The highest BCUT2D eigenvalue weighted by Gasteiger charge is 2.24. The summed E-state index contributed by atoms with van der Waals surface area (Å²) >= 11 is 0. The van der Waals surface area contributed by atoms with Gasteiger partial charge in [0, 0.05) is 23.6 Å². The Morgan fingerprint density at radius 2 is 1.96 bits per heavy atom. The number of hydrogen-bond acceptors (Lipinski definition) is 3. The molecule has 1 heterocycles. The van der Waals surface area contributed by atoms with Crippen LogP contribution in [0.15, 0.2) is 30.5 Å². The fourth-order valence-corrected chi connectivity index (χ4v) is 4.14. The molecular weight excluding hydrogens is 340 g/mol. The van der Waals surface area contributed by atoms with Crippen LogP contribution in [0.25, 0.3) is 10.9 Å². The van der Waals surface area contributed by atoms with Crippen LogP contribution in [-0.2, 0) is 16.1 Å². The first-order chi connectivity index (χ1) is 13.1. The van der Waals surface area contributed by atoms with Crippen LogP contribution in [0.5, 0.6) is 0 Å². The van der Waals surface area contributed by atoms with Crippen molar-refractivity contribution in [1.29, 1.82) is 0 Å². The average molecular weight is 370 g/mol. The molecule has 0 spiro atoms. The Balaban J connectivity index is 1.85. The van der Waals surface area contributed by atoms with Crippen molar-refractivity contribution in [1.82, 2.24) is 9.88 Å². The smallest absolute Gasteiger partial charge is 0.328 e. The zero-order valence-corrected chi connectivity index (χ0v) is 16.4. The monoisotopic (exact) mass is 370 g/mol. The molecule has 1 saturated carbocycles. The van der Waals surface area contributed by atoms with Gasteiger partial charge < -0.3 is 14.6 Å². The highest BCUT2D eigenvalue weighted by molar-refractivity contribution is 6.08. The molecule has 0 saturated heterocycles. The molecule has 1 fully saturated rings. The van der Waals surface area contributed by atoms with Crippen molar-refractivity contribution in [2.75, 3.05) is 7.11 Å². The van der Waals surface area contributed by atoms with Crippen molar-refractivity contribution in [3.05, 3.63) is 36.0 Å². The number of carbonyl (C=O) groups excluding carboxylic acids is 2. The number of para-hydroxylation sites is 1. The molecule has 3 rings (SSSR count). The molecule has 0 bridgehead atoms. The molecule has 5 nitrogen and oxygen atoms in total. The number of hydrogen-bond donors (Lipinski definition) is 1. The van der Waals surface area contributed by atoms with E-state index in [9.17, 15) is 9.59 Å². The first-order valence-electron chi connectivity index (χ1n) is 10.1. The molecule has 0 radical (unpaired) electrons. The second kappa shape index (κ2) is 9.07. The van der Waals surface area contributed by atoms with Crippen LogP contribution in [0.3, 0.4) is 0 Å². The Morgan fingerprint density at radius 3 is 2.67 bits per heavy atom. The zero-order valence-electron chi connectivity index (χ0n) is 16.4. The van der Waals surface area contributed by atoms with Gasteiger partial charge in [0.25, 0.3) is 5.91 Å². The summed E-state index contributed by atoms with van der Waals surface area (Å²) in [5.41, 5.74) is 1.71. The number of ether oxygens (including phenoxy) is 1. The molecule has 0 aliphatic heterocycles. The summed E-state index contributed by atoms with van der Waals surface area (Å²) in [6.07, 6.45) is 9.77. The third kappa shape index (κ3) is 4.52. The lowest BCUT2D eigenvalue weighted by molar-refractivity contribution is -0.143. The van der Waals surface area contributed by atoms with E-state index in [1.165, 1.54) is 39.2 Å². The number of methoxy groups -OCH3 is 1. The Hall–Kier alpha value is -2.30. The number of rotatable bonds is 7. The van der Waals surface area contributed by atoms with Crippen LogP contribution < -0.4 is 5.32 Å². The Labute approximate surface area is 161 Å². The first kappa shape index (κ1) is 19.5. The van der Waals surface area contributed by atoms with Crippen LogP contribution in [-0.4, -0.2) is 29.6 Å². The quantitative estimate of drug-likeness (QED) is 0.740. The normalized spacial score (nSPS) is 16.2. The predicted octanol–water partition coefficient (Wildman–Crippen LogP) is 4.29. The number of benzene rings is 1. The molecular formula is C22H30N2O3. The summed E-state index contributed by atoms with van der Waals surface area (Å²) in [5.74, 6) is 0.0713. The number of aromatic nitrogens is 1. The van der Waals surface area contributed by atoms with E-state index in [0.717, 1.165) is 23.9 Å². The minimum atomic E-state index is -0.604. The van der Waals surface area contributed by atoms with E-state index in [-0.39, 0.29) is 5.91 Å². The summed E-state index contributed by atoms with van der Waals surface area (Å²) < 4.78 is 7.05. The highest BCUT2D eigenvalue weighted by atomic mass is 16.5. The number of nitrogens with one attached hydrogen (secondary N) is 1. The van der Waals surface area contributed by atoms with Crippen molar-refractivity contribution in [3.8, 4) is 0 Å². The van der Waals surface area contributed by atoms with Crippen molar-refractivity contribution >= 4 is 22.8 Å². The number of fused-ring (bicyclic) bond motifs is 1. The zero-order chi connectivity index (χ0) is 19.2. The minimum absolute atomic E-state index is 0.211. The van der Waals surface area contributed by atoms with Gasteiger partial charge in [-0.15, -0.1) is 0 Å². The standard InChI is InChI=1S/C22H30N2O3/c1-3-9-19(22(26)27-2)23-21(25)18-15-24(14-16-10-5-4-6-11-16)20-13-8-7-12-17(18)20/h7-8,12-13,15-16,19H,3-6,9-11,14H2,1-2H3,(H,23,25)/t19-/m0/s1. The second-order valence-corrected chi connectivity index (χ2v) is 7.55. The highest BCUT2D eigenvalue weighted by Crippen LogP contribution is 2.28. The van der Waals surface area contributed by atoms with Gasteiger partial charge in [-0.25, -0.2) is 4.79 Å². The molecule has 0 unspecified atom stereocenters. The summed E-state index contributed by atoms with van der Waals surface area (Å²) in [4.78, 5) is 24.9. The third-order valence-electron chi connectivity index (χ3n) is 5.58. The fraction of sp³-hybridized carbons (Fsp3) is 0.545. The summed E-state index contributed by atoms with van der Waals surface area (Å²) in [7, 11) is 1.35. The van der Waals surface area contributed by atoms with Gasteiger partial charge in [0.05, 0.1) is 12.7 Å². The van der Waals surface area contributed by atoms with Crippen LogP contribution in [0, 0.1) is 5.92 Å². The van der Waals surface area contributed by atoms with Gasteiger partial charge in [-0.05, 0) is 31.2 Å². The second-order valence-electron chi connectivity index (χ2n) is 7.55. The van der Waals surface area contributed by atoms with Crippen molar-refractivity contribution in [2.45, 2.75) is 64.5 Å². The molecule has 1 N–H and O–H groups in total. The van der Waals surface area contributed by atoms with Gasteiger partial charge in [0.2, 0.25) is 0 Å². The van der Waals surface area contributed by atoms with E-state index < -0.39 is 12.0 Å². The molecule has 146 valence electrons.